The van der Waals surface area contributed by atoms with Crippen LogP contribution in [0.3, 0.4) is 0 Å². The van der Waals surface area contributed by atoms with Crippen LogP contribution in [0.25, 0.3) is 0 Å². The summed E-state index contributed by atoms with van der Waals surface area (Å²) in [5.41, 5.74) is 0.896. The highest BCUT2D eigenvalue weighted by Crippen LogP contribution is 2.36. The molecule has 0 saturated carbocycles. The summed E-state index contributed by atoms with van der Waals surface area (Å²) >= 11 is 2.36. The van der Waals surface area contributed by atoms with Gasteiger partial charge < -0.3 is 9.29 Å². The van der Waals surface area contributed by atoms with Crippen LogP contribution in [0.15, 0.2) is 27.6 Å². The van der Waals surface area contributed by atoms with Gasteiger partial charge in [0.1, 0.15) is 0 Å². The molecule has 0 N–H and O–H groups in total. The standard InChI is InChI=1S/C12H16BrNO2S/c1-12(2,8-16-3)14-7-9-6-10(13)4-5-11(9)17(14)15/h4-6H,7-8H2,1-3H3. The minimum atomic E-state index is -1.08. The lowest BCUT2D eigenvalue weighted by Gasteiger charge is -2.32. The van der Waals surface area contributed by atoms with Gasteiger partial charge in [-0.05, 0) is 32.0 Å². The predicted molar refractivity (Wildman–Crippen MR) is 72.0 cm³/mol. The van der Waals surface area contributed by atoms with Crippen LogP contribution in [0, 0.1) is 0 Å². The average molecular weight is 318 g/mol. The molecule has 0 saturated heterocycles. The number of hydrogen-bond acceptors (Lipinski definition) is 3. The number of hydrogen-bond donors (Lipinski definition) is 0. The molecule has 3 nitrogen and oxygen atoms in total. The highest BCUT2D eigenvalue weighted by atomic mass is 79.9. The summed E-state index contributed by atoms with van der Waals surface area (Å²) in [5, 5.41) is 0. The first-order chi connectivity index (χ1) is 7.95. The van der Waals surface area contributed by atoms with E-state index in [4.69, 9.17) is 4.74 Å². The molecule has 1 aromatic rings. The van der Waals surface area contributed by atoms with E-state index in [0.29, 0.717) is 13.2 Å². The van der Waals surface area contributed by atoms with Crippen molar-refractivity contribution < 1.29 is 9.29 Å². The summed E-state index contributed by atoms with van der Waals surface area (Å²) in [6.45, 7) is 5.37. The maximum atomic E-state index is 12.4. The number of nitrogens with zero attached hydrogens (tertiary/aromatic N) is 1. The number of ether oxygens (including phenoxy) is 1. The van der Waals surface area contributed by atoms with Crippen LogP contribution in [0.5, 0.6) is 0 Å². The van der Waals surface area contributed by atoms with Crippen LogP contribution >= 0.6 is 15.9 Å². The van der Waals surface area contributed by atoms with Crippen molar-refractivity contribution in [2.75, 3.05) is 13.7 Å². The monoisotopic (exact) mass is 317 g/mol. The van der Waals surface area contributed by atoms with Gasteiger partial charge in [-0.3, -0.25) is 0 Å². The van der Waals surface area contributed by atoms with E-state index in [1.165, 1.54) is 0 Å². The van der Waals surface area contributed by atoms with Gasteiger partial charge in [0, 0.05) is 17.1 Å². The van der Waals surface area contributed by atoms with Crippen LogP contribution in [0.2, 0.25) is 0 Å². The van der Waals surface area contributed by atoms with E-state index in [0.717, 1.165) is 14.9 Å². The van der Waals surface area contributed by atoms with Gasteiger partial charge >= 0.3 is 0 Å². The highest BCUT2D eigenvalue weighted by Gasteiger charge is 2.43. The third-order valence-electron chi connectivity index (χ3n) is 2.90. The Kier molecular flexibility index (Phi) is 3.85. The van der Waals surface area contributed by atoms with Gasteiger partial charge in [0.05, 0.1) is 30.1 Å². The summed E-state index contributed by atoms with van der Waals surface area (Å²) in [7, 11) is 1.67. The van der Waals surface area contributed by atoms with E-state index in [1.807, 2.05) is 22.5 Å². The minimum Gasteiger partial charge on any atom is -0.593 e. The van der Waals surface area contributed by atoms with Crippen LogP contribution in [-0.4, -0.2) is 28.1 Å². The molecule has 0 aromatic heterocycles. The Morgan fingerprint density at radius 3 is 2.88 bits per heavy atom. The van der Waals surface area contributed by atoms with E-state index in [1.54, 1.807) is 7.11 Å². The van der Waals surface area contributed by atoms with Gasteiger partial charge in [-0.25, -0.2) is 0 Å². The van der Waals surface area contributed by atoms with Crippen LogP contribution < -0.4 is 0 Å². The van der Waals surface area contributed by atoms with Crippen molar-refractivity contribution in [1.82, 2.24) is 4.31 Å². The molecular weight excluding hydrogens is 302 g/mol. The fraction of sp³-hybridized carbons (Fsp3) is 0.500. The first-order valence-corrected chi connectivity index (χ1v) is 7.32. The van der Waals surface area contributed by atoms with Crippen molar-refractivity contribution in [3.8, 4) is 0 Å². The van der Waals surface area contributed by atoms with E-state index in [2.05, 4.69) is 29.8 Å². The molecule has 94 valence electrons. The SMILES string of the molecule is COCC(C)(C)N1Cc2cc(Br)ccc2[S+]1[O-]. The molecule has 0 fully saturated rings. The Morgan fingerprint density at radius 2 is 2.24 bits per heavy atom. The molecule has 1 aliphatic heterocycles. The van der Waals surface area contributed by atoms with Gasteiger partial charge in [-0.1, -0.05) is 15.9 Å². The lowest BCUT2D eigenvalue weighted by atomic mass is 10.1. The third kappa shape index (κ3) is 2.53. The molecule has 17 heavy (non-hydrogen) atoms. The molecule has 0 amide bonds. The summed E-state index contributed by atoms with van der Waals surface area (Å²) < 4.78 is 20.6. The third-order valence-corrected chi connectivity index (χ3v) is 5.19. The second-order valence-electron chi connectivity index (χ2n) is 4.78. The number of methoxy groups -OCH3 is 1. The van der Waals surface area contributed by atoms with Gasteiger partial charge in [0.15, 0.2) is 4.90 Å². The average Bonchev–Trinajstić information content (AvgIpc) is 2.56. The highest BCUT2D eigenvalue weighted by molar-refractivity contribution is 9.10. The Bertz CT molecular complexity index is 425. The fourth-order valence-electron chi connectivity index (χ4n) is 2.04. The van der Waals surface area contributed by atoms with E-state index < -0.39 is 11.4 Å². The van der Waals surface area contributed by atoms with Crippen molar-refractivity contribution in [1.29, 1.82) is 0 Å². The predicted octanol–water partition coefficient (Wildman–Crippen LogP) is 2.71. The molecule has 0 bridgehead atoms. The van der Waals surface area contributed by atoms with Gasteiger partial charge in [0.2, 0.25) is 0 Å². The molecule has 0 spiro atoms. The summed E-state index contributed by atoms with van der Waals surface area (Å²) in [6, 6.07) is 5.90. The van der Waals surface area contributed by atoms with E-state index >= 15 is 0 Å². The molecule has 1 unspecified atom stereocenters. The zero-order valence-electron chi connectivity index (χ0n) is 10.2. The minimum absolute atomic E-state index is 0.231. The smallest absolute Gasteiger partial charge is 0.178 e. The maximum Gasteiger partial charge on any atom is 0.178 e. The molecule has 0 aliphatic carbocycles. The largest absolute Gasteiger partial charge is 0.593 e. The second-order valence-corrected chi connectivity index (χ2v) is 7.08. The topological polar surface area (TPSA) is 35.5 Å². The first kappa shape index (κ1) is 13.4. The van der Waals surface area contributed by atoms with E-state index in [-0.39, 0.29) is 5.54 Å². The summed E-state index contributed by atoms with van der Waals surface area (Å²) in [4.78, 5) is 0.914. The Balaban J connectivity index is 2.27. The van der Waals surface area contributed by atoms with Crippen LogP contribution in [-0.2, 0) is 22.6 Å². The normalized spacial score (nSPS) is 20.6. The second kappa shape index (κ2) is 4.90. The van der Waals surface area contributed by atoms with Gasteiger partial charge in [0.25, 0.3) is 0 Å². The lowest BCUT2D eigenvalue weighted by Crippen LogP contribution is -2.47. The summed E-state index contributed by atoms with van der Waals surface area (Å²) in [6.07, 6.45) is 0. The first-order valence-electron chi connectivity index (χ1n) is 5.42. The Morgan fingerprint density at radius 1 is 1.53 bits per heavy atom. The molecular formula is C12H16BrNO2S. The van der Waals surface area contributed by atoms with Gasteiger partial charge in [-0.15, -0.1) is 4.31 Å². The van der Waals surface area contributed by atoms with Crippen molar-refractivity contribution >= 4 is 27.3 Å². The zero-order valence-corrected chi connectivity index (χ0v) is 12.6. The van der Waals surface area contributed by atoms with E-state index in [9.17, 15) is 4.55 Å². The Labute approximate surface area is 114 Å². The molecule has 2 rings (SSSR count). The van der Waals surface area contributed by atoms with Crippen molar-refractivity contribution in [3.05, 3.63) is 28.2 Å². The molecule has 1 aromatic carbocycles. The fourth-order valence-corrected chi connectivity index (χ4v) is 3.97. The zero-order chi connectivity index (χ0) is 12.6. The molecule has 1 atom stereocenters. The molecule has 1 aliphatic rings. The van der Waals surface area contributed by atoms with Gasteiger partial charge in [-0.2, -0.15) is 0 Å². The number of rotatable bonds is 3. The lowest BCUT2D eigenvalue weighted by molar-refractivity contribution is 0.0819. The number of halogens is 1. The quantitative estimate of drug-likeness (QED) is 0.804. The van der Waals surface area contributed by atoms with Crippen LogP contribution in [0.1, 0.15) is 19.4 Å². The number of fused-ring (bicyclic) bond motifs is 1. The van der Waals surface area contributed by atoms with Crippen molar-refractivity contribution in [2.45, 2.75) is 30.8 Å². The Hall–Kier alpha value is -0.0700. The van der Waals surface area contributed by atoms with Crippen LogP contribution in [0.4, 0.5) is 0 Å². The van der Waals surface area contributed by atoms with Crippen molar-refractivity contribution in [3.63, 3.8) is 0 Å². The molecule has 1 heterocycles. The molecule has 5 heteroatoms. The number of benzene rings is 1. The molecule has 0 radical (unpaired) electrons. The summed E-state index contributed by atoms with van der Waals surface area (Å²) in [5.74, 6) is 0. The maximum absolute atomic E-state index is 12.4. The van der Waals surface area contributed by atoms with Crippen molar-refractivity contribution in [2.24, 2.45) is 0 Å².